The van der Waals surface area contributed by atoms with E-state index in [1.54, 1.807) is 0 Å². The van der Waals surface area contributed by atoms with Gasteiger partial charge in [0.05, 0.1) is 0 Å². The van der Waals surface area contributed by atoms with E-state index in [-0.39, 0.29) is 58.1 Å². The zero-order valence-corrected chi connectivity index (χ0v) is 18.9. The van der Waals surface area contributed by atoms with Gasteiger partial charge in [0, 0.05) is 0 Å². The summed E-state index contributed by atoms with van der Waals surface area (Å²) in [5.74, 6) is 3.16. The molecule has 0 aliphatic carbocycles. The summed E-state index contributed by atoms with van der Waals surface area (Å²) in [6.45, 7) is 14.5. The van der Waals surface area contributed by atoms with Crippen LogP contribution in [0, 0.1) is 0 Å². The van der Waals surface area contributed by atoms with Crippen LogP contribution in [0.1, 0.15) is 99.3 Å². The molecule has 0 rings (SSSR count). The van der Waals surface area contributed by atoms with E-state index in [1.165, 1.54) is 57.8 Å². The molecule has 0 fully saturated rings. The van der Waals surface area contributed by atoms with Crippen molar-refractivity contribution in [3.8, 4) is 0 Å². The molecule has 0 radical (unpaired) electrons. The second-order valence-corrected chi connectivity index (χ2v) is 6.90. The Morgan fingerprint density at radius 3 is 0.950 bits per heavy atom. The van der Waals surface area contributed by atoms with E-state index in [0.717, 1.165) is 17.5 Å². The molecule has 116 valence electrons. The van der Waals surface area contributed by atoms with Crippen LogP contribution in [0.5, 0.6) is 0 Å². The fourth-order valence-corrected chi connectivity index (χ4v) is 4.96. The summed E-state index contributed by atoms with van der Waals surface area (Å²) in [5.41, 5.74) is 0. The SMILES string of the molecule is CCCC(CC)[BH-](C(CC)CCC)C(CC)CCC.[K+]. The van der Waals surface area contributed by atoms with Crippen LogP contribution in [0.3, 0.4) is 0 Å². The normalized spacial score (nSPS) is 17.1. The van der Waals surface area contributed by atoms with Crippen LogP contribution in [-0.2, 0) is 0 Å². The van der Waals surface area contributed by atoms with Gasteiger partial charge in [-0.05, 0) is 6.71 Å². The van der Waals surface area contributed by atoms with Crippen LogP contribution >= 0.6 is 0 Å². The molecule has 0 bridgehead atoms. The first-order chi connectivity index (χ1) is 9.19. The van der Waals surface area contributed by atoms with Crippen LogP contribution in [0.4, 0.5) is 0 Å². The quantitative estimate of drug-likeness (QED) is 0.479. The van der Waals surface area contributed by atoms with Gasteiger partial charge in [-0.15, -0.1) is 0 Å². The standard InChI is InChI=1S/C18H40B.K/c1-7-13-16(10-4)19(17(11-5)14-8-2)18(12-6)15-9-3;/h16-19H,7-15H2,1-6H3;/q-1;+1. The molecule has 0 aliphatic heterocycles. The van der Waals surface area contributed by atoms with Crippen molar-refractivity contribution in [1.82, 2.24) is 0 Å². The van der Waals surface area contributed by atoms with Gasteiger partial charge in [-0.3, -0.25) is 0 Å². The van der Waals surface area contributed by atoms with Crippen LogP contribution in [0.25, 0.3) is 0 Å². The fraction of sp³-hybridized carbons (Fsp3) is 1.00. The zero-order valence-electron chi connectivity index (χ0n) is 15.8. The smallest absolute Gasteiger partial charge is 0.169 e. The predicted octanol–water partition coefficient (Wildman–Crippen LogP) is 3.96. The maximum absolute atomic E-state index is 2.44. The average Bonchev–Trinajstić information content (AvgIpc) is 2.43. The van der Waals surface area contributed by atoms with Gasteiger partial charge in [0.25, 0.3) is 0 Å². The van der Waals surface area contributed by atoms with E-state index in [9.17, 15) is 0 Å². The van der Waals surface area contributed by atoms with Crippen LogP contribution < -0.4 is 51.4 Å². The van der Waals surface area contributed by atoms with Crippen molar-refractivity contribution >= 4 is 6.71 Å². The Balaban J connectivity index is 0. The Morgan fingerprint density at radius 1 is 0.550 bits per heavy atom. The molecule has 3 unspecified atom stereocenters. The van der Waals surface area contributed by atoms with Gasteiger partial charge in [-0.1, -0.05) is 99.3 Å². The van der Waals surface area contributed by atoms with Crippen LogP contribution in [-0.4, -0.2) is 6.71 Å². The Labute approximate surface area is 173 Å². The number of hydrogen-bond acceptors (Lipinski definition) is 0. The van der Waals surface area contributed by atoms with E-state index in [4.69, 9.17) is 0 Å². The van der Waals surface area contributed by atoms with E-state index in [2.05, 4.69) is 41.5 Å². The molecule has 0 aromatic heterocycles. The molecule has 0 saturated carbocycles. The topological polar surface area (TPSA) is 0 Å². The summed E-state index contributed by atoms with van der Waals surface area (Å²) < 4.78 is 0. The molecule has 0 nitrogen and oxygen atoms in total. The van der Waals surface area contributed by atoms with Gasteiger partial charge in [0.2, 0.25) is 0 Å². The predicted molar refractivity (Wildman–Crippen MR) is 94.0 cm³/mol. The maximum Gasteiger partial charge on any atom is 1.00 e. The Kier molecular flexibility index (Phi) is 18.7. The third kappa shape index (κ3) is 8.36. The van der Waals surface area contributed by atoms with E-state index in [1.807, 2.05) is 0 Å². The van der Waals surface area contributed by atoms with Crippen molar-refractivity contribution in [3.05, 3.63) is 0 Å². The molecule has 0 aromatic rings. The first-order valence-electron chi connectivity index (χ1n) is 9.42. The summed E-state index contributed by atoms with van der Waals surface area (Å²) in [5, 5.41) is 0. The number of rotatable bonds is 12. The summed E-state index contributed by atoms with van der Waals surface area (Å²) in [6.07, 6.45) is 12.9. The Hall–Kier alpha value is 1.70. The second kappa shape index (κ2) is 15.6. The van der Waals surface area contributed by atoms with Crippen LogP contribution in [0.2, 0.25) is 17.5 Å². The fourth-order valence-electron chi connectivity index (χ4n) is 4.96. The van der Waals surface area contributed by atoms with Gasteiger partial charge in [0.15, 0.2) is 0 Å². The summed E-state index contributed by atoms with van der Waals surface area (Å²) in [4.78, 5) is 0. The first-order valence-corrected chi connectivity index (χ1v) is 9.42. The van der Waals surface area contributed by atoms with Gasteiger partial charge in [-0.25, -0.2) is 0 Å². The number of hydrogen-bond donors (Lipinski definition) is 0. The maximum atomic E-state index is 2.44. The molecule has 0 saturated heterocycles. The van der Waals surface area contributed by atoms with E-state index < -0.39 is 0 Å². The molecular formula is C18H40BK. The van der Waals surface area contributed by atoms with Gasteiger partial charge >= 0.3 is 51.4 Å². The van der Waals surface area contributed by atoms with Crippen molar-refractivity contribution in [3.63, 3.8) is 0 Å². The van der Waals surface area contributed by atoms with Gasteiger partial charge < -0.3 is 0 Å². The van der Waals surface area contributed by atoms with Crippen molar-refractivity contribution in [2.24, 2.45) is 0 Å². The van der Waals surface area contributed by atoms with Crippen molar-refractivity contribution < 1.29 is 51.4 Å². The van der Waals surface area contributed by atoms with Crippen molar-refractivity contribution in [1.29, 1.82) is 0 Å². The molecule has 0 aromatic carbocycles. The third-order valence-electron chi connectivity index (χ3n) is 5.82. The van der Waals surface area contributed by atoms with Crippen LogP contribution in [0.15, 0.2) is 0 Å². The minimum atomic E-state index is 0. The molecule has 0 amide bonds. The van der Waals surface area contributed by atoms with E-state index >= 15 is 0 Å². The first kappa shape index (κ1) is 24.0. The molecule has 2 heteroatoms. The molecule has 0 heterocycles. The van der Waals surface area contributed by atoms with Crippen molar-refractivity contribution in [2.45, 2.75) is 117 Å². The van der Waals surface area contributed by atoms with Gasteiger partial charge in [0.1, 0.15) is 0 Å². The average molecular weight is 306 g/mol. The zero-order chi connectivity index (χ0) is 14.7. The summed E-state index contributed by atoms with van der Waals surface area (Å²) in [6, 6.07) is 0. The minimum absolute atomic E-state index is 0. The Bertz CT molecular complexity index is 163. The summed E-state index contributed by atoms with van der Waals surface area (Å²) >= 11 is 0. The minimum Gasteiger partial charge on any atom is -0.169 e. The molecule has 0 aliphatic rings. The summed E-state index contributed by atoms with van der Waals surface area (Å²) in [7, 11) is 0. The molecular weight excluding hydrogens is 266 g/mol. The Morgan fingerprint density at radius 2 is 0.800 bits per heavy atom. The van der Waals surface area contributed by atoms with Gasteiger partial charge in [-0.2, -0.15) is 17.5 Å². The van der Waals surface area contributed by atoms with Crippen molar-refractivity contribution in [2.75, 3.05) is 0 Å². The third-order valence-corrected chi connectivity index (χ3v) is 5.82. The molecule has 0 spiro atoms. The van der Waals surface area contributed by atoms with E-state index in [0.29, 0.717) is 0 Å². The monoisotopic (exact) mass is 306 g/mol. The largest absolute Gasteiger partial charge is 1.00 e. The second-order valence-electron chi connectivity index (χ2n) is 6.90. The molecule has 0 N–H and O–H groups in total. The molecule has 3 atom stereocenters. The molecule has 20 heavy (non-hydrogen) atoms.